The number of carbonyl (C=O) groups excluding carboxylic acids is 2. The van der Waals surface area contributed by atoms with Gasteiger partial charge in [0.1, 0.15) is 5.76 Å². The maximum Gasteiger partial charge on any atom is 0.276 e. The molecule has 0 bridgehead atoms. The molecule has 6 nitrogen and oxygen atoms in total. The van der Waals surface area contributed by atoms with Gasteiger partial charge >= 0.3 is 0 Å². The number of oxazole rings is 1. The van der Waals surface area contributed by atoms with Gasteiger partial charge in [-0.1, -0.05) is 20.8 Å². The number of nitrogens with zero attached hydrogens (tertiary/aromatic N) is 3. The molecule has 2 aliphatic rings. The van der Waals surface area contributed by atoms with Crippen molar-refractivity contribution in [3.63, 3.8) is 0 Å². The third kappa shape index (κ3) is 3.94. The van der Waals surface area contributed by atoms with Gasteiger partial charge in [0.15, 0.2) is 12.1 Å². The van der Waals surface area contributed by atoms with E-state index in [0.717, 1.165) is 45.3 Å². The number of piperidine rings is 2. The van der Waals surface area contributed by atoms with Gasteiger partial charge in [-0.05, 0) is 31.6 Å². The van der Waals surface area contributed by atoms with Gasteiger partial charge in [-0.2, -0.15) is 0 Å². The molecule has 0 radical (unpaired) electrons. The minimum atomic E-state index is -0.0275. The van der Waals surface area contributed by atoms with Crippen LogP contribution in [0.25, 0.3) is 0 Å². The van der Waals surface area contributed by atoms with Crippen molar-refractivity contribution < 1.29 is 14.0 Å². The Bertz CT molecular complexity index is 654. The first-order valence-corrected chi connectivity index (χ1v) is 9.93. The molecule has 3 heterocycles. The Morgan fingerprint density at radius 2 is 2.15 bits per heavy atom. The third-order valence-corrected chi connectivity index (χ3v) is 5.84. The van der Waals surface area contributed by atoms with Crippen LogP contribution in [0.1, 0.15) is 69.1 Å². The monoisotopic (exact) mass is 361 g/mol. The Balaban J connectivity index is 1.70. The number of rotatable bonds is 5. The van der Waals surface area contributed by atoms with Crippen LogP contribution in [0.3, 0.4) is 0 Å². The SMILES string of the molecule is CCc1ocnc1C(=O)N1CCC[C@]2(CCC(=O)N(CCC(C)C)C2)C1. The summed E-state index contributed by atoms with van der Waals surface area (Å²) in [6.45, 7) is 9.43. The summed E-state index contributed by atoms with van der Waals surface area (Å²) in [5.74, 6) is 1.49. The van der Waals surface area contributed by atoms with E-state index in [1.807, 2.05) is 16.7 Å². The molecule has 1 spiro atoms. The zero-order chi connectivity index (χ0) is 18.7. The number of amides is 2. The van der Waals surface area contributed by atoms with Gasteiger partial charge in [0.25, 0.3) is 5.91 Å². The molecule has 1 aromatic rings. The van der Waals surface area contributed by atoms with Crippen LogP contribution in [-0.2, 0) is 11.2 Å². The molecule has 144 valence electrons. The summed E-state index contributed by atoms with van der Waals surface area (Å²) in [4.78, 5) is 33.4. The lowest BCUT2D eigenvalue weighted by Crippen LogP contribution is -2.55. The van der Waals surface area contributed by atoms with E-state index in [2.05, 4.69) is 18.8 Å². The highest BCUT2D eigenvalue weighted by atomic mass is 16.3. The Hall–Kier alpha value is -1.85. The van der Waals surface area contributed by atoms with Crippen LogP contribution in [0.4, 0.5) is 0 Å². The second kappa shape index (κ2) is 7.80. The van der Waals surface area contributed by atoms with Crippen LogP contribution in [0, 0.1) is 11.3 Å². The summed E-state index contributed by atoms with van der Waals surface area (Å²) in [5.41, 5.74) is 0.489. The molecule has 2 fully saturated rings. The molecule has 1 aromatic heterocycles. The van der Waals surface area contributed by atoms with E-state index in [1.54, 1.807) is 0 Å². The van der Waals surface area contributed by atoms with Gasteiger partial charge in [0, 0.05) is 44.4 Å². The summed E-state index contributed by atoms with van der Waals surface area (Å²) in [7, 11) is 0. The molecule has 3 rings (SSSR count). The van der Waals surface area contributed by atoms with Crippen LogP contribution in [-0.4, -0.2) is 52.8 Å². The molecular weight excluding hydrogens is 330 g/mol. The number of aromatic nitrogens is 1. The number of aryl methyl sites for hydroxylation is 1. The van der Waals surface area contributed by atoms with E-state index in [1.165, 1.54) is 6.39 Å². The second-order valence-corrected chi connectivity index (χ2v) is 8.31. The third-order valence-electron chi connectivity index (χ3n) is 5.84. The highest BCUT2D eigenvalue weighted by Crippen LogP contribution is 2.39. The molecule has 2 aliphatic heterocycles. The molecule has 0 saturated carbocycles. The van der Waals surface area contributed by atoms with Crippen molar-refractivity contribution in [3.05, 3.63) is 17.8 Å². The molecular formula is C20H31N3O3. The molecule has 0 N–H and O–H groups in total. The van der Waals surface area contributed by atoms with Gasteiger partial charge in [-0.15, -0.1) is 0 Å². The number of hydrogen-bond donors (Lipinski definition) is 0. The summed E-state index contributed by atoms with van der Waals surface area (Å²) in [5, 5.41) is 0. The topological polar surface area (TPSA) is 66.7 Å². The lowest BCUT2D eigenvalue weighted by Gasteiger charge is -2.48. The maximum absolute atomic E-state index is 13.0. The van der Waals surface area contributed by atoms with Crippen LogP contribution in [0.5, 0.6) is 0 Å². The quantitative estimate of drug-likeness (QED) is 0.808. The normalized spacial score (nSPS) is 23.9. The van der Waals surface area contributed by atoms with Crippen molar-refractivity contribution in [1.29, 1.82) is 0 Å². The van der Waals surface area contributed by atoms with Crippen LogP contribution < -0.4 is 0 Å². The van der Waals surface area contributed by atoms with E-state index in [9.17, 15) is 9.59 Å². The van der Waals surface area contributed by atoms with E-state index in [4.69, 9.17) is 4.42 Å². The zero-order valence-electron chi connectivity index (χ0n) is 16.3. The number of hydrogen-bond acceptors (Lipinski definition) is 4. The largest absolute Gasteiger partial charge is 0.448 e. The first kappa shape index (κ1) is 18.9. The molecule has 2 saturated heterocycles. The Morgan fingerprint density at radius 1 is 1.35 bits per heavy atom. The molecule has 0 aromatic carbocycles. The number of carbonyl (C=O) groups is 2. The van der Waals surface area contributed by atoms with Crippen molar-refractivity contribution >= 4 is 11.8 Å². The number of likely N-dealkylation sites (tertiary alicyclic amines) is 2. The predicted octanol–water partition coefficient (Wildman–Crippen LogP) is 3.13. The van der Waals surface area contributed by atoms with Crippen LogP contribution in [0.15, 0.2) is 10.8 Å². The molecule has 6 heteroatoms. The highest BCUT2D eigenvalue weighted by molar-refractivity contribution is 5.93. The maximum atomic E-state index is 13.0. The van der Waals surface area contributed by atoms with E-state index < -0.39 is 0 Å². The average molecular weight is 361 g/mol. The summed E-state index contributed by atoms with van der Waals surface area (Å²) < 4.78 is 5.34. The van der Waals surface area contributed by atoms with E-state index in [-0.39, 0.29) is 17.2 Å². The van der Waals surface area contributed by atoms with Gasteiger partial charge in [-0.25, -0.2) is 4.98 Å². The Morgan fingerprint density at radius 3 is 2.88 bits per heavy atom. The smallest absolute Gasteiger partial charge is 0.276 e. The lowest BCUT2D eigenvalue weighted by atomic mass is 9.73. The summed E-state index contributed by atoms with van der Waals surface area (Å²) >= 11 is 0. The second-order valence-electron chi connectivity index (χ2n) is 8.31. The minimum Gasteiger partial charge on any atom is -0.448 e. The molecule has 0 aliphatic carbocycles. The van der Waals surface area contributed by atoms with E-state index >= 15 is 0 Å². The lowest BCUT2D eigenvalue weighted by molar-refractivity contribution is -0.139. The van der Waals surface area contributed by atoms with Gasteiger partial charge in [-0.3, -0.25) is 9.59 Å². The van der Waals surface area contributed by atoms with Crippen molar-refractivity contribution in [2.75, 3.05) is 26.2 Å². The van der Waals surface area contributed by atoms with E-state index in [0.29, 0.717) is 36.8 Å². The molecule has 1 atom stereocenters. The van der Waals surface area contributed by atoms with Crippen molar-refractivity contribution in [1.82, 2.24) is 14.8 Å². The fourth-order valence-corrected chi connectivity index (χ4v) is 4.28. The molecule has 2 amide bonds. The fraction of sp³-hybridized carbons (Fsp3) is 0.750. The van der Waals surface area contributed by atoms with Crippen LogP contribution in [0.2, 0.25) is 0 Å². The summed E-state index contributed by atoms with van der Waals surface area (Å²) in [6, 6.07) is 0. The first-order chi connectivity index (χ1) is 12.4. The molecule has 26 heavy (non-hydrogen) atoms. The van der Waals surface area contributed by atoms with Crippen molar-refractivity contribution in [2.24, 2.45) is 11.3 Å². The average Bonchev–Trinajstić information content (AvgIpc) is 3.11. The first-order valence-electron chi connectivity index (χ1n) is 9.93. The zero-order valence-corrected chi connectivity index (χ0v) is 16.3. The van der Waals surface area contributed by atoms with Crippen LogP contribution >= 0.6 is 0 Å². The summed E-state index contributed by atoms with van der Waals surface area (Å²) in [6.07, 6.45) is 6.61. The van der Waals surface area contributed by atoms with Gasteiger partial charge in [0.05, 0.1) is 0 Å². The molecule has 0 unspecified atom stereocenters. The Labute approximate surface area is 155 Å². The van der Waals surface area contributed by atoms with Gasteiger partial charge in [0.2, 0.25) is 5.91 Å². The minimum absolute atomic E-state index is 0.0275. The van der Waals surface area contributed by atoms with Crippen molar-refractivity contribution in [3.8, 4) is 0 Å². The van der Waals surface area contributed by atoms with Gasteiger partial charge < -0.3 is 14.2 Å². The fourth-order valence-electron chi connectivity index (χ4n) is 4.28. The van der Waals surface area contributed by atoms with Crippen molar-refractivity contribution in [2.45, 2.75) is 59.3 Å². The predicted molar refractivity (Wildman–Crippen MR) is 98.7 cm³/mol. The Kier molecular flexibility index (Phi) is 5.68. The highest BCUT2D eigenvalue weighted by Gasteiger charge is 2.43. The standard InChI is InChI=1S/C20H31N3O3/c1-4-16-18(21-14-26-16)19(25)23-10-5-8-20(13-23)9-6-17(24)22(12-20)11-7-15(2)3/h14-15H,4-13H2,1-3H3/t20-/m1/s1.